The molecule has 0 amide bonds. The van der Waals surface area contributed by atoms with Crippen molar-refractivity contribution in [1.29, 1.82) is 0 Å². The van der Waals surface area contributed by atoms with Crippen LogP contribution in [0.5, 0.6) is 0 Å². The van der Waals surface area contributed by atoms with E-state index in [1.807, 2.05) is 0 Å². The number of ether oxygens (including phenoxy) is 1. The Morgan fingerprint density at radius 2 is 1.94 bits per heavy atom. The molecule has 1 heterocycles. The Bertz CT molecular complexity index is 266. The number of nitrogens with two attached hydrogens (primary N) is 1. The van der Waals surface area contributed by atoms with E-state index in [-0.39, 0.29) is 0 Å². The predicted octanol–water partition coefficient (Wildman–Crippen LogP) is 1.68. The summed E-state index contributed by atoms with van der Waals surface area (Å²) >= 11 is 0. The van der Waals surface area contributed by atoms with Crippen LogP contribution in [0.4, 0.5) is 0 Å². The largest absolute Gasteiger partial charge is 0.381 e. The molecule has 1 saturated carbocycles. The van der Waals surface area contributed by atoms with E-state index in [1.165, 1.54) is 6.42 Å². The van der Waals surface area contributed by atoms with Crippen molar-refractivity contribution >= 4 is 10.8 Å². The monoisotopic (exact) mass is 259 g/mol. The summed E-state index contributed by atoms with van der Waals surface area (Å²) in [6.07, 6.45) is 5.45. The van der Waals surface area contributed by atoms with Crippen LogP contribution in [-0.2, 0) is 15.5 Å². The van der Waals surface area contributed by atoms with E-state index >= 15 is 0 Å². The predicted molar refractivity (Wildman–Crippen MR) is 71.3 cm³/mol. The molecular weight excluding hydrogens is 234 g/mol. The number of hydrogen-bond donors (Lipinski definition) is 1. The van der Waals surface area contributed by atoms with E-state index in [1.54, 1.807) is 0 Å². The Morgan fingerprint density at radius 1 is 1.24 bits per heavy atom. The van der Waals surface area contributed by atoms with E-state index in [4.69, 9.17) is 10.5 Å². The maximum absolute atomic E-state index is 12.7. The molecule has 2 fully saturated rings. The Morgan fingerprint density at radius 3 is 2.59 bits per heavy atom. The van der Waals surface area contributed by atoms with Crippen molar-refractivity contribution in [2.75, 3.05) is 19.8 Å². The minimum atomic E-state index is -0.704. The molecule has 2 N–H and O–H groups in total. The molecular formula is C13H25NO2S. The second kappa shape index (κ2) is 6.30. The first-order valence-corrected chi connectivity index (χ1v) is 8.17. The highest BCUT2D eigenvalue weighted by Gasteiger charge is 2.35. The summed E-state index contributed by atoms with van der Waals surface area (Å²) in [6.45, 7) is 4.55. The molecule has 2 rings (SSSR count). The molecule has 1 aliphatic heterocycles. The Labute approximate surface area is 107 Å². The lowest BCUT2D eigenvalue weighted by Crippen LogP contribution is -2.41. The van der Waals surface area contributed by atoms with Gasteiger partial charge in [0.05, 0.1) is 0 Å². The van der Waals surface area contributed by atoms with Gasteiger partial charge < -0.3 is 10.5 Å². The SMILES string of the molecule is CC1CCC(CN)C(S(=O)C2CCOCC2)C1. The maximum Gasteiger partial charge on any atom is 0.0477 e. The molecule has 0 radical (unpaired) electrons. The second-order valence-corrected chi connectivity index (χ2v) is 7.52. The van der Waals surface area contributed by atoms with Crippen molar-refractivity contribution in [3.05, 3.63) is 0 Å². The fourth-order valence-electron chi connectivity index (χ4n) is 3.10. The van der Waals surface area contributed by atoms with Gasteiger partial charge in [-0.1, -0.05) is 13.3 Å². The van der Waals surface area contributed by atoms with Crippen molar-refractivity contribution in [3.8, 4) is 0 Å². The summed E-state index contributed by atoms with van der Waals surface area (Å²) in [7, 11) is -0.704. The van der Waals surface area contributed by atoms with Gasteiger partial charge in [-0.15, -0.1) is 0 Å². The summed E-state index contributed by atoms with van der Waals surface area (Å²) in [6, 6.07) is 0. The van der Waals surface area contributed by atoms with E-state index in [0.717, 1.165) is 38.9 Å². The quantitative estimate of drug-likeness (QED) is 0.839. The fourth-order valence-corrected chi connectivity index (χ4v) is 5.40. The molecule has 2 aliphatic rings. The maximum atomic E-state index is 12.7. The van der Waals surface area contributed by atoms with Gasteiger partial charge in [0.25, 0.3) is 0 Å². The van der Waals surface area contributed by atoms with Gasteiger partial charge in [-0.3, -0.25) is 4.21 Å². The molecule has 4 unspecified atom stereocenters. The van der Waals surface area contributed by atoms with Crippen LogP contribution in [0.25, 0.3) is 0 Å². The second-order valence-electron chi connectivity index (χ2n) is 5.59. The van der Waals surface area contributed by atoms with Crippen LogP contribution < -0.4 is 5.73 Å². The zero-order chi connectivity index (χ0) is 12.3. The summed E-state index contributed by atoms with van der Waals surface area (Å²) in [5.74, 6) is 1.20. The van der Waals surface area contributed by atoms with E-state index < -0.39 is 10.8 Å². The van der Waals surface area contributed by atoms with Gasteiger partial charge in [-0.2, -0.15) is 0 Å². The molecule has 4 heteroatoms. The van der Waals surface area contributed by atoms with Crippen molar-refractivity contribution < 1.29 is 8.95 Å². The van der Waals surface area contributed by atoms with E-state index in [0.29, 0.717) is 28.9 Å². The van der Waals surface area contributed by atoms with Crippen LogP contribution in [0.1, 0.15) is 39.0 Å². The van der Waals surface area contributed by atoms with Gasteiger partial charge in [0, 0.05) is 34.5 Å². The van der Waals surface area contributed by atoms with Crippen molar-refractivity contribution in [2.45, 2.75) is 49.5 Å². The third kappa shape index (κ3) is 3.30. The minimum absolute atomic E-state index is 0.340. The molecule has 1 aliphatic carbocycles. The molecule has 100 valence electrons. The summed E-state index contributed by atoms with van der Waals surface area (Å²) < 4.78 is 18.0. The zero-order valence-corrected chi connectivity index (χ0v) is 11.6. The van der Waals surface area contributed by atoms with Gasteiger partial charge in [0.2, 0.25) is 0 Å². The summed E-state index contributed by atoms with van der Waals surface area (Å²) in [5.41, 5.74) is 5.85. The van der Waals surface area contributed by atoms with Gasteiger partial charge >= 0.3 is 0 Å². The van der Waals surface area contributed by atoms with Gasteiger partial charge in [-0.25, -0.2) is 0 Å². The van der Waals surface area contributed by atoms with E-state index in [9.17, 15) is 4.21 Å². The topological polar surface area (TPSA) is 52.3 Å². The van der Waals surface area contributed by atoms with Crippen LogP contribution in [0, 0.1) is 11.8 Å². The molecule has 1 saturated heterocycles. The molecule has 3 nitrogen and oxygen atoms in total. The fraction of sp³-hybridized carbons (Fsp3) is 1.00. The molecule has 4 atom stereocenters. The normalized spacial score (nSPS) is 37.9. The lowest BCUT2D eigenvalue weighted by Gasteiger charge is -2.36. The van der Waals surface area contributed by atoms with Crippen molar-refractivity contribution in [3.63, 3.8) is 0 Å². The first-order chi connectivity index (χ1) is 8.22. The smallest absolute Gasteiger partial charge is 0.0477 e. The van der Waals surface area contributed by atoms with Crippen LogP contribution >= 0.6 is 0 Å². The highest BCUT2D eigenvalue weighted by atomic mass is 32.2. The minimum Gasteiger partial charge on any atom is -0.381 e. The molecule has 0 spiro atoms. The molecule has 0 aromatic heterocycles. The standard InChI is InChI=1S/C13H25NO2S/c1-10-2-3-11(9-14)13(8-10)17(15)12-4-6-16-7-5-12/h10-13H,2-9,14H2,1H3. The van der Waals surface area contributed by atoms with Gasteiger partial charge in [0.1, 0.15) is 0 Å². The first-order valence-electron chi connectivity index (χ1n) is 6.89. The van der Waals surface area contributed by atoms with Crippen molar-refractivity contribution in [1.82, 2.24) is 0 Å². The van der Waals surface area contributed by atoms with Crippen LogP contribution in [0.15, 0.2) is 0 Å². The highest BCUT2D eigenvalue weighted by Crippen LogP contribution is 2.34. The van der Waals surface area contributed by atoms with Gasteiger partial charge in [0.15, 0.2) is 0 Å². The lowest BCUT2D eigenvalue weighted by molar-refractivity contribution is 0.0988. The lowest BCUT2D eigenvalue weighted by atomic mass is 9.82. The Hall–Kier alpha value is 0.0700. The Kier molecular flexibility index (Phi) is 5.00. The van der Waals surface area contributed by atoms with Gasteiger partial charge in [-0.05, 0) is 44.1 Å². The van der Waals surface area contributed by atoms with Crippen LogP contribution in [0.2, 0.25) is 0 Å². The van der Waals surface area contributed by atoms with Crippen molar-refractivity contribution in [2.24, 2.45) is 17.6 Å². The molecule has 0 aromatic carbocycles. The number of hydrogen-bond acceptors (Lipinski definition) is 3. The average Bonchev–Trinajstić information content (AvgIpc) is 2.39. The number of rotatable bonds is 3. The van der Waals surface area contributed by atoms with E-state index in [2.05, 4.69) is 6.92 Å². The first kappa shape index (κ1) is 13.5. The molecule has 0 aromatic rings. The van der Waals surface area contributed by atoms with Crippen LogP contribution in [0.3, 0.4) is 0 Å². The summed E-state index contributed by atoms with van der Waals surface area (Å²) in [5, 5.41) is 0.694. The Balaban J connectivity index is 1.99. The third-order valence-electron chi connectivity index (χ3n) is 4.29. The molecule has 0 bridgehead atoms. The average molecular weight is 259 g/mol. The van der Waals surface area contributed by atoms with Crippen LogP contribution in [-0.4, -0.2) is 34.5 Å². The highest BCUT2D eigenvalue weighted by molar-refractivity contribution is 7.86. The zero-order valence-electron chi connectivity index (χ0n) is 10.8. The summed E-state index contributed by atoms with van der Waals surface area (Å²) in [4.78, 5) is 0. The molecule has 17 heavy (non-hydrogen) atoms. The third-order valence-corrected chi connectivity index (χ3v) is 6.59.